The number of benzene rings is 1. The number of para-hydroxylation sites is 1. The minimum Gasteiger partial charge on any atom is -0.347 e. The first kappa shape index (κ1) is 16.3. The highest BCUT2D eigenvalue weighted by Crippen LogP contribution is 2.40. The van der Waals surface area contributed by atoms with E-state index in [1.165, 1.54) is 11.3 Å². The lowest BCUT2D eigenvalue weighted by Gasteiger charge is -2.17. The van der Waals surface area contributed by atoms with Gasteiger partial charge in [0.1, 0.15) is 0 Å². The van der Waals surface area contributed by atoms with Crippen molar-refractivity contribution in [3.05, 3.63) is 88.7 Å². The van der Waals surface area contributed by atoms with Crippen molar-refractivity contribution >= 4 is 12.0 Å². The number of allylic oxidation sites excluding steroid dienone is 8. The number of carbonyl (C=O) groups excluding carboxylic acids is 1. The van der Waals surface area contributed by atoms with Crippen LogP contribution in [-0.4, -0.2) is 12.8 Å². The van der Waals surface area contributed by atoms with Crippen LogP contribution in [0.4, 0.5) is 5.69 Å². The Kier molecular flexibility index (Phi) is 4.66. The second kappa shape index (κ2) is 6.88. The third kappa shape index (κ3) is 2.58. The maximum atomic E-state index is 11.7. The van der Waals surface area contributed by atoms with Gasteiger partial charge in [-0.1, -0.05) is 49.9 Å². The van der Waals surface area contributed by atoms with Crippen LogP contribution in [0.1, 0.15) is 25.8 Å². The van der Waals surface area contributed by atoms with E-state index >= 15 is 0 Å². The summed E-state index contributed by atoms with van der Waals surface area (Å²) in [5.74, 6) is 0. The zero-order valence-corrected chi connectivity index (χ0v) is 14.4. The van der Waals surface area contributed by atoms with Gasteiger partial charge in [0.15, 0.2) is 6.29 Å². The van der Waals surface area contributed by atoms with Gasteiger partial charge in [-0.2, -0.15) is 0 Å². The molecule has 0 amide bonds. The van der Waals surface area contributed by atoms with Gasteiger partial charge < -0.3 is 4.90 Å². The molecule has 0 saturated heterocycles. The monoisotopic (exact) mass is 317 g/mol. The molecule has 0 unspecified atom stereocenters. The van der Waals surface area contributed by atoms with Crippen LogP contribution >= 0.6 is 0 Å². The molecule has 1 heterocycles. The standard InChI is InChI=1S/C22H23NO/c1-4-9-19-17(5-2)20(18(6-3)21(19)15-24)14-23-13-12-16-10-7-8-11-22(16)23/h4-5,7-11,14-15H,2,6,12-13H2,1,3H3/b9-4-,20-14+. The van der Waals surface area contributed by atoms with Crippen LogP contribution in [0.25, 0.3) is 0 Å². The summed E-state index contributed by atoms with van der Waals surface area (Å²) in [5.41, 5.74) is 7.70. The molecule has 1 aromatic carbocycles. The average Bonchev–Trinajstić information content (AvgIpc) is 3.14. The third-order valence-electron chi connectivity index (χ3n) is 4.74. The van der Waals surface area contributed by atoms with Crippen LogP contribution in [0.15, 0.2) is 83.1 Å². The molecule has 1 aliphatic carbocycles. The molecule has 2 heteroatoms. The molecule has 3 rings (SSSR count). The van der Waals surface area contributed by atoms with Gasteiger partial charge >= 0.3 is 0 Å². The highest BCUT2D eigenvalue weighted by molar-refractivity contribution is 5.91. The quantitative estimate of drug-likeness (QED) is 0.719. The van der Waals surface area contributed by atoms with Crippen molar-refractivity contribution in [2.45, 2.75) is 26.7 Å². The summed E-state index contributed by atoms with van der Waals surface area (Å²) < 4.78 is 0. The highest BCUT2D eigenvalue weighted by atomic mass is 16.1. The van der Waals surface area contributed by atoms with Gasteiger partial charge in [0.2, 0.25) is 0 Å². The minimum absolute atomic E-state index is 0.796. The van der Waals surface area contributed by atoms with Crippen LogP contribution in [0, 0.1) is 0 Å². The lowest BCUT2D eigenvalue weighted by molar-refractivity contribution is -0.104. The zero-order valence-electron chi connectivity index (χ0n) is 14.4. The van der Waals surface area contributed by atoms with Gasteiger partial charge in [0.05, 0.1) is 0 Å². The Labute approximate surface area is 144 Å². The maximum absolute atomic E-state index is 11.7. The van der Waals surface area contributed by atoms with E-state index in [0.29, 0.717) is 0 Å². The molecule has 2 nitrogen and oxygen atoms in total. The Balaban J connectivity index is 2.13. The van der Waals surface area contributed by atoms with Gasteiger partial charge in [0.25, 0.3) is 0 Å². The smallest absolute Gasteiger partial charge is 0.150 e. The topological polar surface area (TPSA) is 20.3 Å². The molecule has 1 aliphatic heterocycles. The highest BCUT2D eigenvalue weighted by Gasteiger charge is 2.26. The van der Waals surface area contributed by atoms with Gasteiger partial charge in [-0.05, 0) is 48.1 Å². The number of hydrogen-bond acceptors (Lipinski definition) is 2. The van der Waals surface area contributed by atoms with E-state index in [-0.39, 0.29) is 0 Å². The number of hydrogen-bond donors (Lipinski definition) is 0. The summed E-state index contributed by atoms with van der Waals surface area (Å²) in [6, 6.07) is 8.51. The van der Waals surface area contributed by atoms with Gasteiger partial charge in [-0.3, -0.25) is 4.79 Å². The summed E-state index contributed by atoms with van der Waals surface area (Å²) in [4.78, 5) is 14.0. The molecule has 0 radical (unpaired) electrons. The molecular weight excluding hydrogens is 294 g/mol. The predicted octanol–water partition coefficient (Wildman–Crippen LogP) is 4.91. The summed E-state index contributed by atoms with van der Waals surface area (Å²) in [6.07, 6.45) is 10.9. The van der Waals surface area contributed by atoms with E-state index in [0.717, 1.165) is 53.5 Å². The Bertz CT molecular complexity index is 805. The Hall–Kier alpha value is -2.61. The number of fused-ring (bicyclic) bond motifs is 1. The Morgan fingerprint density at radius 3 is 2.67 bits per heavy atom. The summed E-state index contributed by atoms with van der Waals surface area (Å²) in [7, 11) is 0. The van der Waals surface area contributed by atoms with Crippen molar-refractivity contribution in [2.75, 3.05) is 11.4 Å². The Morgan fingerprint density at radius 1 is 1.21 bits per heavy atom. The predicted molar refractivity (Wildman–Crippen MR) is 101 cm³/mol. The summed E-state index contributed by atoms with van der Waals surface area (Å²) in [6.45, 7) is 9.03. The molecular formula is C22H23NO. The van der Waals surface area contributed by atoms with Crippen LogP contribution in [-0.2, 0) is 11.2 Å². The second-order valence-electron chi connectivity index (χ2n) is 6.01. The first-order valence-electron chi connectivity index (χ1n) is 8.50. The number of anilines is 1. The van der Waals surface area contributed by atoms with E-state index in [9.17, 15) is 4.79 Å². The van der Waals surface area contributed by atoms with Crippen molar-refractivity contribution < 1.29 is 4.79 Å². The summed E-state index contributed by atoms with van der Waals surface area (Å²) >= 11 is 0. The van der Waals surface area contributed by atoms with Gasteiger partial charge in [-0.25, -0.2) is 0 Å². The van der Waals surface area contributed by atoms with Crippen LogP contribution in [0.3, 0.4) is 0 Å². The molecule has 0 N–H and O–H groups in total. The molecule has 0 bridgehead atoms. The first-order chi connectivity index (χ1) is 11.7. The van der Waals surface area contributed by atoms with Crippen molar-refractivity contribution in [1.29, 1.82) is 0 Å². The molecule has 1 aromatic rings. The molecule has 2 aliphatic rings. The van der Waals surface area contributed by atoms with E-state index in [4.69, 9.17) is 0 Å². The molecule has 0 fully saturated rings. The summed E-state index contributed by atoms with van der Waals surface area (Å²) in [5, 5.41) is 0. The normalized spacial score (nSPS) is 18.9. The fraction of sp³-hybridized carbons (Fsp3) is 0.227. The second-order valence-corrected chi connectivity index (χ2v) is 6.01. The molecule has 24 heavy (non-hydrogen) atoms. The lowest BCUT2D eigenvalue weighted by atomic mass is 10.0. The number of carbonyl (C=O) groups is 1. The fourth-order valence-electron chi connectivity index (χ4n) is 3.64. The van der Waals surface area contributed by atoms with Gasteiger partial charge in [0, 0.05) is 29.6 Å². The lowest BCUT2D eigenvalue weighted by Crippen LogP contribution is -2.13. The molecule has 122 valence electrons. The van der Waals surface area contributed by atoms with E-state index in [1.807, 2.05) is 25.2 Å². The van der Waals surface area contributed by atoms with E-state index < -0.39 is 0 Å². The van der Waals surface area contributed by atoms with Gasteiger partial charge in [-0.15, -0.1) is 0 Å². The van der Waals surface area contributed by atoms with E-state index in [1.54, 1.807) is 0 Å². The third-order valence-corrected chi connectivity index (χ3v) is 4.74. The van der Waals surface area contributed by atoms with Crippen molar-refractivity contribution in [1.82, 2.24) is 0 Å². The fourth-order valence-corrected chi connectivity index (χ4v) is 3.64. The maximum Gasteiger partial charge on any atom is 0.150 e. The van der Waals surface area contributed by atoms with Crippen molar-refractivity contribution in [3.8, 4) is 0 Å². The average molecular weight is 317 g/mol. The zero-order chi connectivity index (χ0) is 17.1. The Morgan fingerprint density at radius 2 is 2.00 bits per heavy atom. The molecule has 0 saturated carbocycles. The van der Waals surface area contributed by atoms with Crippen LogP contribution in [0.2, 0.25) is 0 Å². The molecule has 0 spiro atoms. The molecule has 0 atom stereocenters. The molecule has 0 aromatic heterocycles. The van der Waals surface area contributed by atoms with E-state index in [2.05, 4.69) is 48.9 Å². The van der Waals surface area contributed by atoms with Crippen molar-refractivity contribution in [3.63, 3.8) is 0 Å². The van der Waals surface area contributed by atoms with Crippen LogP contribution < -0.4 is 4.90 Å². The number of rotatable bonds is 5. The first-order valence-corrected chi connectivity index (χ1v) is 8.50. The largest absolute Gasteiger partial charge is 0.347 e. The van der Waals surface area contributed by atoms with Crippen LogP contribution in [0.5, 0.6) is 0 Å². The SMILES string of the molecule is C=CC1=C(/C=C\C)C(C=O)=C(CC)/C1=C/N1CCc2ccccc21. The van der Waals surface area contributed by atoms with Crippen molar-refractivity contribution in [2.24, 2.45) is 0 Å². The number of nitrogens with zero attached hydrogens (tertiary/aromatic N) is 1. The number of aldehydes is 1. The minimum atomic E-state index is 0.796.